The van der Waals surface area contributed by atoms with E-state index >= 15 is 0 Å². The number of para-hydroxylation sites is 1. The Kier molecular flexibility index (Phi) is 6.23. The minimum absolute atomic E-state index is 0.0813. The van der Waals surface area contributed by atoms with Crippen molar-refractivity contribution in [2.24, 2.45) is 0 Å². The van der Waals surface area contributed by atoms with Crippen LogP contribution in [0, 0.1) is 6.92 Å². The van der Waals surface area contributed by atoms with Gasteiger partial charge in [-0.05, 0) is 30.5 Å². The van der Waals surface area contributed by atoms with Gasteiger partial charge in [-0.1, -0.05) is 42.5 Å². The van der Waals surface area contributed by atoms with Crippen LogP contribution in [-0.2, 0) is 17.8 Å². The quantitative estimate of drug-likeness (QED) is 0.633. The number of aromatic nitrogens is 2. The normalized spacial score (nSPS) is 14.9. The summed E-state index contributed by atoms with van der Waals surface area (Å²) < 4.78 is 1.55. The summed E-state index contributed by atoms with van der Waals surface area (Å²) >= 11 is 0. The highest BCUT2D eigenvalue weighted by Crippen LogP contribution is 2.12. The molecule has 2 heterocycles. The maximum absolute atomic E-state index is 12.7. The van der Waals surface area contributed by atoms with Crippen LogP contribution in [-0.4, -0.2) is 58.0 Å². The van der Waals surface area contributed by atoms with E-state index in [1.54, 1.807) is 17.0 Å². The number of benzene rings is 2. The van der Waals surface area contributed by atoms with Gasteiger partial charge in [0.15, 0.2) is 0 Å². The van der Waals surface area contributed by atoms with E-state index in [1.807, 2.05) is 30.0 Å². The molecule has 0 saturated carbocycles. The number of carbonyl (C=O) groups is 1. The molecule has 3 aromatic rings. The average Bonchev–Trinajstić information content (AvgIpc) is 2.78. The van der Waals surface area contributed by atoms with Gasteiger partial charge in [0, 0.05) is 45.7 Å². The first-order valence-corrected chi connectivity index (χ1v) is 10.6. The third kappa shape index (κ3) is 4.60. The van der Waals surface area contributed by atoms with Crippen LogP contribution in [0.15, 0.2) is 59.7 Å². The van der Waals surface area contributed by atoms with E-state index in [9.17, 15) is 9.59 Å². The van der Waals surface area contributed by atoms with E-state index in [-0.39, 0.29) is 11.5 Å². The van der Waals surface area contributed by atoms with E-state index in [4.69, 9.17) is 0 Å². The molecule has 1 saturated heterocycles. The summed E-state index contributed by atoms with van der Waals surface area (Å²) in [7, 11) is 0. The maximum atomic E-state index is 12.7. The van der Waals surface area contributed by atoms with Crippen molar-refractivity contribution in [3.8, 4) is 0 Å². The predicted molar refractivity (Wildman–Crippen MR) is 119 cm³/mol. The number of hydrogen-bond donors (Lipinski definition) is 0. The molecule has 4 rings (SSSR count). The van der Waals surface area contributed by atoms with Gasteiger partial charge in [0.2, 0.25) is 5.91 Å². The van der Waals surface area contributed by atoms with Crippen molar-refractivity contribution in [2.75, 3.05) is 32.7 Å². The lowest BCUT2D eigenvalue weighted by molar-refractivity contribution is -0.133. The van der Waals surface area contributed by atoms with Crippen LogP contribution >= 0.6 is 0 Å². The van der Waals surface area contributed by atoms with Gasteiger partial charge in [-0.15, -0.1) is 0 Å². The fraction of sp³-hybridized carbons (Fsp3) is 0.375. The molecule has 156 valence electrons. The van der Waals surface area contributed by atoms with Crippen molar-refractivity contribution >= 4 is 16.8 Å². The van der Waals surface area contributed by atoms with Crippen LogP contribution in [0.3, 0.4) is 0 Å². The van der Waals surface area contributed by atoms with Crippen LogP contribution in [0.25, 0.3) is 10.9 Å². The molecule has 0 bridgehead atoms. The topological polar surface area (TPSA) is 58.4 Å². The summed E-state index contributed by atoms with van der Waals surface area (Å²) in [5.41, 5.74) is 2.98. The van der Waals surface area contributed by atoms with Gasteiger partial charge >= 0.3 is 0 Å². The fourth-order valence-electron chi connectivity index (χ4n) is 4.02. The highest BCUT2D eigenvalue weighted by molar-refractivity contribution is 5.80. The van der Waals surface area contributed by atoms with Crippen molar-refractivity contribution in [1.82, 2.24) is 19.4 Å². The summed E-state index contributed by atoms with van der Waals surface area (Å²) in [6.07, 6.45) is 2.92. The largest absolute Gasteiger partial charge is 0.340 e. The molecule has 1 amide bonds. The third-order valence-electron chi connectivity index (χ3n) is 5.91. The van der Waals surface area contributed by atoms with Crippen LogP contribution < -0.4 is 5.56 Å². The number of carbonyl (C=O) groups excluding carboxylic acids is 1. The van der Waals surface area contributed by atoms with Crippen LogP contribution in [0.4, 0.5) is 0 Å². The summed E-state index contributed by atoms with van der Waals surface area (Å²) in [5, 5.41) is 0.608. The molecule has 6 nitrogen and oxygen atoms in total. The summed E-state index contributed by atoms with van der Waals surface area (Å²) in [6, 6.07) is 16.1. The minimum atomic E-state index is -0.0813. The lowest BCUT2D eigenvalue weighted by Gasteiger charge is -2.34. The first-order valence-electron chi connectivity index (χ1n) is 10.6. The van der Waals surface area contributed by atoms with Crippen molar-refractivity contribution in [2.45, 2.75) is 26.3 Å². The fourth-order valence-corrected chi connectivity index (χ4v) is 4.02. The Balaban J connectivity index is 1.28. The van der Waals surface area contributed by atoms with Crippen molar-refractivity contribution in [3.63, 3.8) is 0 Å². The van der Waals surface area contributed by atoms with Gasteiger partial charge in [0.05, 0.1) is 17.2 Å². The smallest absolute Gasteiger partial charge is 0.261 e. The second-order valence-corrected chi connectivity index (χ2v) is 7.92. The standard InChI is InChI=1S/C24H28N4O2/c1-19-6-5-9-21-23(19)25-18-28(24(21)30)13-11-22(29)27-16-14-26(15-17-27)12-10-20-7-3-2-4-8-20/h2-9,18H,10-17H2,1H3. The van der Waals surface area contributed by atoms with Gasteiger partial charge in [-0.3, -0.25) is 19.1 Å². The average molecular weight is 405 g/mol. The molecule has 1 aromatic heterocycles. The predicted octanol–water partition coefficient (Wildman–Crippen LogP) is 2.48. The number of aryl methyl sites for hydroxylation is 2. The summed E-state index contributed by atoms with van der Waals surface area (Å²) in [6.45, 7) is 6.62. The molecule has 1 fully saturated rings. The zero-order valence-corrected chi connectivity index (χ0v) is 17.5. The summed E-state index contributed by atoms with van der Waals surface area (Å²) in [5.74, 6) is 0.106. The molecule has 0 unspecified atom stereocenters. The third-order valence-corrected chi connectivity index (χ3v) is 5.91. The second kappa shape index (κ2) is 9.22. The van der Waals surface area contributed by atoms with E-state index in [0.717, 1.165) is 50.2 Å². The first-order chi connectivity index (χ1) is 14.6. The molecule has 0 atom stereocenters. The minimum Gasteiger partial charge on any atom is -0.340 e. The molecule has 0 N–H and O–H groups in total. The van der Waals surface area contributed by atoms with Gasteiger partial charge in [0.1, 0.15) is 0 Å². The number of hydrogen-bond acceptors (Lipinski definition) is 4. The van der Waals surface area contributed by atoms with E-state index in [0.29, 0.717) is 18.4 Å². The molecule has 30 heavy (non-hydrogen) atoms. The van der Waals surface area contributed by atoms with E-state index < -0.39 is 0 Å². The zero-order valence-electron chi connectivity index (χ0n) is 17.5. The SMILES string of the molecule is Cc1cccc2c(=O)n(CCC(=O)N3CCN(CCc4ccccc4)CC3)cnc12. The molecule has 1 aliphatic rings. The molecular formula is C24H28N4O2. The van der Waals surface area contributed by atoms with Gasteiger partial charge in [-0.2, -0.15) is 0 Å². The Morgan fingerprint density at radius 3 is 2.50 bits per heavy atom. The Morgan fingerprint density at radius 2 is 1.73 bits per heavy atom. The monoisotopic (exact) mass is 404 g/mol. The van der Waals surface area contributed by atoms with E-state index in [2.05, 4.69) is 34.1 Å². The lowest BCUT2D eigenvalue weighted by atomic mass is 10.1. The molecule has 1 aliphatic heterocycles. The highest BCUT2D eigenvalue weighted by atomic mass is 16.2. The van der Waals surface area contributed by atoms with Crippen LogP contribution in [0.2, 0.25) is 0 Å². The number of piperazine rings is 1. The Bertz CT molecular complexity index is 1070. The van der Waals surface area contributed by atoms with Crippen LogP contribution in [0.1, 0.15) is 17.5 Å². The number of amides is 1. The van der Waals surface area contributed by atoms with Crippen molar-refractivity contribution in [3.05, 3.63) is 76.3 Å². The molecule has 0 aliphatic carbocycles. The maximum Gasteiger partial charge on any atom is 0.261 e. The van der Waals surface area contributed by atoms with E-state index in [1.165, 1.54) is 5.56 Å². The Morgan fingerprint density at radius 1 is 0.967 bits per heavy atom. The van der Waals surface area contributed by atoms with Crippen molar-refractivity contribution < 1.29 is 4.79 Å². The molecule has 2 aromatic carbocycles. The number of nitrogens with zero attached hydrogens (tertiary/aromatic N) is 4. The lowest BCUT2D eigenvalue weighted by Crippen LogP contribution is -2.49. The molecule has 0 radical (unpaired) electrons. The van der Waals surface area contributed by atoms with Crippen LogP contribution in [0.5, 0.6) is 0 Å². The Hall–Kier alpha value is -2.99. The molecule has 0 spiro atoms. The zero-order chi connectivity index (χ0) is 20.9. The highest BCUT2D eigenvalue weighted by Gasteiger charge is 2.21. The summed E-state index contributed by atoms with van der Waals surface area (Å²) in [4.78, 5) is 34.1. The Labute approximate surface area is 176 Å². The van der Waals surface area contributed by atoms with Crippen molar-refractivity contribution in [1.29, 1.82) is 0 Å². The first kappa shape index (κ1) is 20.3. The molecule has 6 heteroatoms. The van der Waals surface area contributed by atoms with Gasteiger partial charge < -0.3 is 4.90 Å². The number of fused-ring (bicyclic) bond motifs is 1. The molecular weight excluding hydrogens is 376 g/mol. The number of rotatable bonds is 6. The second-order valence-electron chi connectivity index (χ2n) is 7.92. The van der Waals surface area contributed by atoms with Gasteiger partial charge in [-0.25, -0.2) is 4.98 Å². The van der Waals surface area contributed by atoms with Gasteiger partial charge in [0.25, 0.3) is 5.56 Å².